The van der Waals surface area contributed by atoms with Crippen molar-refractivity contribution >= 4 is 27.5 Å². The van der Waals surface area contributed by atoms with Gasteiger partial charge in [-0.05, 0) is 46.1 Å². The summed E-state index contributed by atoms with van der Waals surface area (Å²) in [5, 5.41) is 6.20. The van der Waals surface area contributed by atoms with Crippen LogP contribution in [0.5, 0.6) is 0 Å². The Morgan fingerprint density at radius 2 is 1.81 bits per heavy atom. The number of amides is 1. The molecule has 0 unspecified atom stereocenters. The molecule has 110 valence electrons. The molecule has 0 aliphatic carbocycles. The van der Waals surface area contributed by atoms with Crippen molar-refractivity contribution in [3.8, 4) is 0 Å². The average Bonchev–Trinajstić information content (AvgIpc) is 2.48. The van der Waals surface area contributed by atoms with Crippen molar-refractivity contribution < 1.29 is 4.79 Å². The fourth-order valence-corrected chi connectivity index (χ4v) is 2.43. The monoisotopic (exact) mass is 346 g/mol. The molecule has 1 amide bonds. The van der Waals surface area contributed by atoms with Crippen LogP contribution in [-0.2, 0) is 11.3 Å². The highest BCUT2D eigenvalue weighted by atomic mass is 79.9. The van der Waals surface area contributed by atoms with Gasteiger partial charge < -0.3 is 10.6 Å². The number of carbonyl (C=O) groups excluding carboxylic acids is 1. The van der Waals surface area contributed by atoms with Crippen molar-refractivity contribution in [1.82, 2.24) is 5.32 Å². The van der Waals surface area contributed by atoms with E-state index in [1.165, 1.54) is 5.56 Å². The van der Waals surface area contributed by atoms with Crippen molar-refractivity contribution in [1.29, 1.82) is 0 Å². The van der Waals surface area contributed by atoms with Gasteiger partial charge in [0.1, 0.15) is 0 Å². The van der Waals surface area contributed by atoms with Gasteiger partial charge in [-0.25, -0.2) is 0 Å². The van der Waals surface area contributed by atoms with Gasteiger partial charge in [-0.3, -0.25) is 4.79 Å². The number of nitrogens with one attached hydrogen (secondary N) is 2. The molecule has 3 nitrogen and oxygen atoms in total. The van der Waals surface area contributed by atoms with E-state index in [1.807, 2.05) is 42.5 Å². The smallest absolute Gasteiger partial charge is 0.222 e. The quantitative estimate of drug-likeness (QED) is 0.833. The first kappa shape index (κ1) is 15.6. The van der Waals surface area contributed by atoms with Crippen molar-refractivity contribution in [3.63, 3.8) is 0 Å². The minimum absolute atomic E-state index is 0.0535. The summed E-state index contributed by atoms with van der Waals surface area (Å²) >= 11 is 3.47. The molecule has 2 aromatic rings. The zero-order chi connectivity index (χ0) is 15.1. The molecule has 0 fully saturated rings. The first-order valence-corrected chi connectivity index (χ1v) is 7.76. The van der Waals surface area contributed by atoms with Crippen LogP contribution in [0, 0.1) is 6.92 Å². The van der Waals surface area contributed by atoms with Gasteiger partial charge in [0.15, 0.2) is 0 Å². The highest BCUT2D eigenvalue weighted by Crippen LogP contribution is 2.20. The summed E-state index contributed by atoms with van der Waals surface area (Å²) in [4.78, 5) is 11.8. The lowest BCUT2D eigenvalue weighted by atomic mass is 10.1. The lowest BCUT2D eigenvalue weighted by Gasteiger charge is -2.10. The van der Waals surface area contributed by atoms with Gasteiger partial charge in [0.05, 0.1) is 0 Å². The minimum Gasteiger partial charge on any atom is -0.384 e. The molecule has 4 heteroatoms. The molecular weight excluding hydrogens is 328 g/mol. The Kier molecular flexibility index (Phi) is 5.81. The number of hydrogen-bond acceptors (Lipinski definition) is 2. The normalized spacial score (nSPS) is 10.2. The van der Waals surface area contributed by atoms with Crippen LogP contribution >= 0.6 is 15.9 Å². The van der Waals surface area contributed by atoms with E-state index in [9.17, 15) is 4.79 Å². The summed E-state index contributed by atoms with van der Waals surface area (Å²) in [6, 6.07) is 16.0. The number of hydrogen-bond donors (Lipinski definition) is 2. The maximum absolute atomic E-state index is 11.8. The van der Waals surface area contributed by atoms with E-state index in [1.54, 1.807) is 0 Å². The summed E-state index contributed by atoms with van der Waals surface area (Å²) in [7, 11) is 0. The third kappa shape index (κ3) is 4.90. The number of benzene rings is 2. The molecule has 0 aliphatic rings. The van der Waals surface area contributed by atoms with Crippen LogP contribution in [0.25, 0.3) is 0 Å². The second kappa shape index (κ2) is 7.84. The number of carbonyl (C=O) groups is 1. The SMILES string of the molecule is Cc1ccccc1CNC(=O)CCNc1ccccc1Br. The predicted molar refractivity (Wildman–Crippen MR) is 90.3 cm³/mol. The molecule has 0 bridgehead atoms. The molecular formula is C17H19BrN2O. The van der Waals surface area contributed by atoms with E-state index in [-0.39, 0.29) is 5.91 Å². The summed E-state index contributed by atoms with van der Waals surface area (Å²) in [6.45, 7) is 3.25. The van der Waals surface area contributed by atoms with E-state index >= 15 is 0 Å². The molecule has 0 aromatic heterocycles. The molecule has 0 saturated heterocycles. The number of aryl methyl sites for hydroxylation is 1. The van der Waals surface area contributed by atoms with Crippen LogP contribution in [0.3, 0.4) is 0 Å². The molecule has 0 saturated carbocycles. The van der Waals surface area contributed by atoms with E-state index in [2.05, 4.69) is 39.6 Å². The first-order chi connectivity index (χ1) is 10.2. The number of anilines is 1. The molecule has 0 aliphatic heterocycles. The Morgan fingerprint density at radius 3 is 2.57 bits per heavy atom. The van der Waals surface area contributed by atoms with Gasteiger partial charge in [-0.2, -0.15) is 0 Å². The van der Waals surface area contributed by atoms with Crippen molar-refractivity contribution in [3.05, 3.63) is 64.1 Å². The fraction of sp³-hybridized carbons (Fsp3) is 0.235. The van der Waals surface area contributed by atoms with Crippen LogP contribution < -0.4 is 10.6 Å². The van der Waals surface area contributed by atoms with Gasteiger partial charge in [0, 0.05) is 29.7 Å². The Hall–Kier alpha value is -1.81. The second-order valence-electron chi connectivity index (χ2n) is 4.86. The maximum atomic E-state index is 11.8. The molecule has 0 spiro atoms. The van der Waals surface area contributed by atoms with Crippen LogP contribution in [-0.4, -0.2) is 12.5 Å². The topological polar surface area (TPSA) is 41.1 Å². The molecule has 0 heterocycles. The molecule has 2 rings (SSSR count). The molecule has 0 radical (unpaired) electrons. The molecule has 2 aromatic carbocycles. The predicted octanol–water partition coefficient (Wildman–Crippen LogP) is 3.88. The highest BCUT2D eigenvalue weighted by Gasteiger charge is 2.03. The first-order valence-electron chi connectivity index (χ1n) is 6.96. The van der Waals surface area contributed by atoms with Gasteiger partial charge in [0.25, 0.3) is 0 Å². The Balaban J connectivity index is 1.73. The van der Waals surface area contributed by atoms with Gasteiger partial charge in [0.2, 0.25) is 5.91 Å². The lowest BCUT2D eigenvalue weighted by Crippen LogP contribution is -2.25. The Labute approximate surface area is 133 Å². The molecule has 2 N–H and O–H groups in total. The van der Waals surface area contributed by atoms with E-state index in [0.717, 1.165) is 15.7 Å². The summed E-state index contributed by atoms with van der Waals surface area (Å²) in [5.74, 6) is 0.0535. The van der Waals surface area contributed by atoms with Crippen LogP contribution in [0.4, 0.5) is 5.69 Å². The Morgan fingerprint density at radius 1 is 1.10 bits per heavy atom. The summed E-state index contributed by atoms with van der Waals surface area (Å²) < 4.78 is 1.00. The molecule has 21 heavy (non-hydrogen) atoms. The largest absolute Gasteiger partial charge is 0.384 e. The van der Waals surface area contributed by atoms with Gasteiger partial charge in [-0.1, -0.05) is 36.4 Å². The third-order valence-electron chi connectivity index (χ3n) is 3.28. The van der Waals surface area contributed by atoms with Crippen molar-refractivity contribution in [2.24, 2.45) is 0 Å². The summed E-state index contributed by atoms with van der Waals surface area (Å²) in [6.07, 6.45) is 0.452. The zero-order valence-corrected chi connectivity index (χ0v) is 13.6. The lowest BCUT2D eigenvalue weighted by molar-refractivity contribution is -0.121. The third-order valence-corrected chi connectivity index (χ3v) is 3.97. The van der Waals surface area contributed by atoms with Crippen molar-refractivity contribution in [2.75, 3.05) is 11.9 Å². The van der Waals surface area contributed by atoms with Crippen molar-refractivity contribution in [2.45, 2.75) is 19.9 Å². The van der Waals surface area contributed by atoms with E-state index in [0.29, 0.717) is 19.5 Å². The fourth-order valence-electron chi connectivity index (χ4n) is 2.01. The molecule has 0 atom stereocenters. The zero-order valence-electron chi connectivity index (χ0n) is 12.0. The maximum Gasteiger partial charge on any atom is 0.222 e. The highest BCUT2D eigenvalue weighted by molar-refractivity contribution is 9.10. The van der Waals surface area contributed by atoms with Gasteiger partial charge in [-0.15, -0.1) is 0 Å². The van der Waals surface area contributed by atoms with Gasteiger partial charge >= 0.3 is 0 Å². The average molecular weight is 347 g/mol. The minimum atomic E-state index is 0.0535. The number of para-hydroxylation sites is 1. The summed E-state index contributed by atoms with van der Waals surface area (Å²) in [5.41, 5.74) is 3.36. The van der Waals surface area contributed by atoms with E-state index in [4.69, 9.17) is 0 Å². The van der Waals surface area contributed by atoms with Crippen LogP contribution in [0.1, 0.15) is 17.5 Å². The van der Waals surface area contributed by atoms with E-state index < -0.39 is 0 Å². The van der Waals surface area contributed by atoms with Crippen LogP contribution in [0.2, 0.25) is 0 Å². The standard InChI is InChI=1S/C17H19BrN2O/c1-13-6-2-3-7-14(13)12-20-17(21)10-11-19-16-9-5-4-8-15(16)18/h2-9,19H,10-12H2,1H3,(H,20,21). The second-order valence-corrected chi connectivity index (χ2v) is 5.71. The van der Waals surface area contributed by atoms with Crippen LogP contribution in [0.15, 0.2) is 53.0 Å². The number of halogens is 1. The Bertz CT molecular complexity index is 613. The number of rotatable bonds is 6.